The Morgan fingerprint density at radius 3 is 1.54 bits per heavy atom. The first kappa shape index (κ1) is 11.8. The van der Waals surface area contributed by atoms with Crippen LogP contribution in [0.5, 0.6) is 0 Å². The van der Waals surface area contributed by atoms with Crippen LogP contribution < -0.4 is 0 Å². The first-order chi connectivity index (χ1) is 5.68. The fraction of sp³-hybridized carbons (Fsp3) is 0.571. The minimum atomic E-state index is -4.91. The molecule has 0 saturated heterocycles. The maximum atomic E-state index is 11.9. The molecule has 0 aliphatic heterocycles. The van der Waals surface area contributed by atoms with Gasteiger partial charge in [0.15, 0.2) is 0 Å². The summed E-state index contributed by atoms with van der Waals surface area (Å²) in [6.45, 7) is 1.71. The van der Waals surface area contributed by atoms with E-state index in [0.29, 0.717) is 0 Å². The van der Waals surface area contributed by atoms with Gasteiger partial charge >= 0.3 is 6.18 Å². The number of Topliss-reactive ketones (excluding diaryl/α,β-unsaturated/α-hetero) is 2. The van der Waals surface area contributed by atoms with Gasteiger partial charge in [0.25, 0.3) is 0 Å². The molecule has 0 bridgehead atoms. The van der Waals surface area contributed by atoms with E-state index in [-0.39, 0.29) is 0 Å². The van der Waals surface area contributed by atoms with Crippen LogP contribution in [0.25, 0.3) is 0 Å². The number of alkyl halides is 3. The Kier molecular flexibility index (Phi) is 3.34. The largest absolute Gasteiger partial charge is 0.429 e. The van der Waals surface area contributed by atoms with Crippen molar-refractivity contribution in [2.24, 2.45) is 5.92 Å². The van der Waals surface area contributed by atoms with Gasteiger partial charge in [-0.15, -0.1) is 0 Å². The highest BCUT2D eigenvalue weighted by Crippen LogP contribution is 2.22. The predicted octanol–water partition coefficient (Wildman–Crippen LogP) is 1.36. The summed E-state index contributed by atoms with van der Waals surface area (Å²) in [4.78, 5) is 21.2. The molecule has 13 heavy (non-hydrogen) atoms. The van der Waals surface area contributed by atoms with Crippen LogP contribution in [0.2, 0.25) is 0 Å². The van der Waals surface area contributed by atoms with Crippen molar-refractivity contribution in [2.45, 2.75) is 20.0 Å². The molecule has 0 aliphatic rings. The first-order valence-electron chi connectivity index (χ1n) is 3.34. The third kappa shape index (κ3) is 2.96. The highest BCUT2D eigenvalue weighted by Gasteiger charge is 2.43. The lowest BCUT2D eigenvalue weighted by molar-refractivity contribution is -0.129. The predicted molar refractivity (Wildman–Crippen MR) is 38.6 cm³/mol. The average molecular weight is 195 g/mol. The summed E-state index contributed by atoms with van der Waals surface area (Å²) >= 11 is 0. The van der Waals surface area contributed by atoms with Gasteiger partial charge in [-0.1, -0.05) is 0 Å². The van der Waals surface area contributed by atoms with Crippen LogP contribution in [0, 0.1) is 11.3 Å². The molecule has 0 aliphatic carbocycles. The summed E-state index contributed by atoms with van der Waals surface area (Å²) in [5.74, 6) is -3.90. The van der Waals surface area contributed by atoms with Gasteiger partial charge < -0.3 is 0 Å². The van der Waals surface area contributed by atoms with Crippen LogP contribution in [0.3, 0.4) is 0 Å². The molecule has 74 valence electrons. The normalized spacial score (nSPS) is 11.5. The molecule has 0 rings (SSSR count). The Balaban J connectivity index is 4.89. The standard InChI is InChI=1S/C7H8F3NO2/c1-3(12)5(4(2)13)6(11)7(8,9)10/h5,11H,1-2H3. The third-order valence-electron chi connectivity index (χ3n) is 1.41. The van der Waals surface area contributed by atoms with Gasteiger partial charge in [0.1, 0.15) is 23.2 Å². The van der Waals surface area contributed by atoms with Crippen LogP contribution in [0.4, 0.5) is 13.2 Å². The second-order valence-electron chi connectivity index (χ2n) is 2.57. The number of ketones is 2. The van der Waals surface area contributed by atoms with Crippen molar-refractivity contribution in [1.82, 2.24) is 0 Å². The molecule has 0 radical (unpaired) electrons. The number of carbonyl (C=O) groups excluding carboxylic acids is 2. The maximum Gasteiger partial charge on any atom is 0.429 e. The van der Waals surface area contributed by atoms with E-state index in [1.54, 1.807) is 0 Å². The van der Waals surface area contributed by atoms with E-state index in [0.717, 1.165) is 13.8 Å². The Labute approximate surface area is 72.4 Å². The van der Waals surface area contributed by atoms with Crippen LogP contribution in [-0.2, 0) is 9.59 Å². The minimum Gasteiger partial charge on any atom is -0.299 e. The fourth-order valence-corrected chi connectivity index (χ4v) is 0.856. The number of hydrogen-bond donors (Lipinski definition) is 1. The summed E-state index contributed by atoms with van der Waals surface area (Å²) in [6.07, 6.45) is -4.91. The molecule has 6 heteroatoms. The van der Waals surface area contributed by atoms with Gasteiger partial charge in [0, 0.05) is 0 Å². The molecule has 0 aromatic rings. The molecule has 0 heterocycles. The zero-order valence-electron chi connectivity index (χ0n) is 7.03. The molecular weight excluding hydrogens is 187 g/mol. The van der Waals surface area contributed by atoms with Gasteiger partial charge in [-0.2, -0.15) is 13.2 Å². The lowest BCUT2D eigenvalue weighted by atomic mass is 9.95. The zero-order chi connectivity index (χ0) is 10.8. The quantitative estimate of drug-likeness (QED) is 0.546. The Morgan fingerprint density at radius 2 is 1.46 bits per heavy atom. The lowest BCUT2D eigenvalue weighted by Crippen LogP contribution is -2.37. The summed E-state index contributed by atoms with van der Waals surface area (Å²) < 4.78 is 35.7. The summed E-state index contributed by atoms with van der Waals surface area (Å²) in [5, 5.41) is 6.59. The second-order valence-corrected chi connectivity index (χ2v) is 2.57. The van der Waals surface area contributed by atoms with Crippen LogP contribution in [0.15, 0.2) is 0 Å². The fourth-order valence-electron chi connectivity index (χ4n) is 0.856. The van der Waals surface area contributed by atoms with Gasteiger partial charge in [0.2, 0.25) is 0 Å². The second kappa shape index (κ2) is 3.68. The maximum absolute atomic E-state index is 11.9. The molecule has 0 saturated carbocycles. The van der Waals surface area contributed by atoms with Gasteiger partial charge in [-0.3, -0.25) is 15.0 Å². The van der Waals surface area contributed by atoms with E-state index in [9.17, 15) is 22.8 Å². The van der Waals surface area contributed by atoms with Crippen molar-refractivity contribution in [2.75, 3.05) is 0 Å². The van der Waals surface area contributed by atoms with Gasteiger partial charge in [0.05, 0.1) is 0 Å². The highest BCUT2D eigenvalue weighted by atomic mass is 19.4. The van der Waals surface area contributed by atoms with Crippen molar-refractivity contribution in [1.29, 1.82) is 5.41 Å². The lowest BCUT2D eigenvalue weighted by Gasteiger charge is -2.14. The molecule has 1 N–H and O–H groups in total. The summed E-state index contributed by atoms with van der Waals surface area (Å²) in [6, 6.07) is 0. The van der Waals surface area contributed by atoms with E-state index >= 15 is 0 Å². The molecular formula is C7H8F3NO2. The van der Waals surface area contributed by atoms with E-state index in [2.05, 4.69) is 0 Å². The number of nitrogens with one attached hydrogen (secondary N) is 1. The zero-order valence-corrected chi connectivity index (χ0v) is 7.03. The van der Waals surface area contributed by atoms with E-state index in [1.165, 1.54) is 0 Å². The van der Waals surface area contributed by atoms with E-state index in [1.807, 2.05) is 0 Å². The van der Waals surface area contributed by atoms with E-state index in [4.69, 9.17) is 5.41 Å². The van der Waals surface area contributed by atoms with Crippen molar-refractivity contribution < 1.29 is 22.8 Å². The smallest absolute Gasteiger partial charge is 0.299 e. The van der Waals surface area contributed by atoms with Crippen molar-refractivity contribution in [3.63, 3.8) is 0 Å². The summed E-state index contributed by atoms with van der Waals surface area (Å²) in [5.41, 5.74) is -1.80. The molecule has 0 unspecified atom stereocenters. The molecule has 0 aromatic carbocycles. The Hall–Kier alpha value is -1.20. The van der Waals surface area contributed by atoms with Crippen LogP contribution in [0.1, 0.15) is 13.8 Å². The number of hydrogen-bond acceptors (Lipinski definition) is 3. The van der Waals surface area contributed by atoms with Gasteiger partial charge in [-0.05, 0) is 13.8 Å². The monoisotopic (exact) mass is 195 g/mol. The minimum absolute atomic E-state index is 0.854. The molecule has 0 atom stereocenters. The average Bonchev–Trinajstić information content (AvgIpc) is 1.82. The topological polar surface area (TPSA) is 58.0 Å². The third-order valence-corrected chi connectivity index (χ3v) is 1.41. The molecule has 3 nitrogen and oxygen atoms in total. The van der Waals surface area contributed by atoms with Crippen LogP contribution in [-0.4, -0.2) is 23.5 Å². The van der Waals surface area contributed by atoms with Crippen molar-refractivity contribution >= 4 is 17.3 Å². The molecule has 0 spiro atoms. The first-order valence-corrected chi connectivity index (χ1v) is 3.34. The number of halogens is 3. The van der Waals surface area contributed by atoms with Gasteiger partial charge in [-0.25, -0.2) is 0 Å². The van der Waals surface area contributed by atoms with Crippen molar-refractivity contribution in [3.8, 4) is 0 Å². The SMILES string of the molecule is CC(=O)C(C(=N)C(F)(F)F)C(C)=O. The number of carbonyl (C=O) groups is 2. The van der Waals surface area contributed by atoms with Crippen LogP contribution >= 0.6 is 0 Å². The van der Waals surface area contributed by atoms with Crippen molar-refractivity contribution in [3.05, 3.63) is 0 Å². The Morgan fingerprint density at radius 1 is 1.15 bits per heavy atom. The molecule has 0 fully saturated rings. The Bertz CT molecular complexity index is 243. The van der Waals surface area contributed by atoms with E-state index < -0.39 is 29.4 Å². The number of rotatable bonds is 3. The molecule has 0 amide bonds. The molecule has 0 aromatic heterocycles. The highest BCUT2D eigenvalue weighted by molar-refractivity contribution is 6.20. The summed E-state index contributed by atoms with van der Waals surface area (Å²) in [7, 11) is 0.